The largest absolute Gasteiger partial charge is 0.492 e. The van der Waals surface area contributed by atoms with Gasteiger partial charge in [-0.25, -0.2) is 12.8 Å². The highest BCUT2D eigenvalue weighted by Gasteiger charge is 2.25. The van der Waals surface area contributed by atoms with Gasteiger partial charge in [-0.15, -0.1) is 0 Å². The highest BCUT2D eigenvalue weighted by Crippen LogP contribution is 2.20. The van der Waals surface area contributed by atoms with E-state index in [1.807, 2.05) is 0 Å². The zero-order chi connectivity index (χ0) is 19.2. The standard InChI is InChI=1S/C18H21FN2O4S/c1-13(26(23,24)17-8-2-14(19)3-9-17)12-18(22)21-15-4-6-16(7-5-15)25-11-10-20/h2-9,13H,10-12,20H2,1H3,(H,21,22). The second-order valence-corrected chi connectivity index (χ2v) is 8.09. The molecule has 2 aromatic rings. The summed E-state index contributed by atoms with van der Waals surface area (Å²) in [7, 11) is -3.72. The molecule has 6 nitrogen and oxygen atoms in total. The van der Waals surface area contributed by atoms with E-state index in [9.17, 15) is 17.6 Å². The lowest BCUT2D eigenvalue weighted by atomic mass is 10.2. The van der Waals surface area contributed by atoms with Crippen LogP contribution in [0, 0.1) is 5.82 Å². The van der Waals surface area contributed by atoms with Gasteiger partial charge < -0.3 is 15.8 Å². The fraction of sp³-hybridized carbons (Fsp3) is 0.278. The Kier molecular flexibility index (Phi) is 6.70. The van der Waals surface area contributed by atoms with E-state index >= 15 is 0 Å². The van der Waals surface area contributed by atoms with Gasteiger partial charge >= 0.3 is 0 Å². The van der Waals surface area contributed by atoms with Crippen molar-refractivity contribution in [2.24, 2.45) is 5.73 Å². The third kappa shape index (κ3) is 5.27. The van der Waals surface area contributed by atoms with Crippen LogP contribution in [0.5, 0.6) is 5.75 Å². The number of nitrogens with one attached hydrogen (secondary N) is 1. The number of halogens is 1. The van der Waals surface area contributed by atoms with Crippen LogP contribution in [0.3, 0.4) is 0 Å². The number of amides is 1. The fourth-order valence-corrected chi connectivity index (χ4v) is 3.60. The number of sulfone groups is 1. The first kappa shape index (κ1) is 19.9. The van der Waals surface area contributed by atoms with Gasteiger partial charge in [0.25, 0.3) is 0 Å². The van der Waals surface area contributed by atoms with Gasteiger partial charge in [0.2, 0.25) is 5.91 Å². The van der Waals surface area contributed by atoms with Crippen molar-refractivity contribution in [2.45, 2.75) is 23.5 Å². The van der Waals surface area contributed by atoms with Gasteiger partial charge in [0.15, 0.2) is 9.84 Å². The molecule has 140 valence electrons. The number of hydrogen-bond acceptors (Lipinski definition) is 5. The molecule has 0 radical (unpaired) electrons. The predicted octanol–water partition coefficient (Wildman–Crippen LogP) is 2.35. The van der Waals surface area contributed by atoms with Crippen molar-refractivity contribution in [2.75, 3.05) is 18.5 Å². The van der Waals surface area contributed by atoms with Crippen LogP contribution >= 0.6 is 0 Å². The number of benzene rings is 2. The molecule has 2 rings (SSSR count). The molecule has 0 heterocycles. The monoisotopic (exact) mass is 380 g/mol. The summed E-state index contributed by atoms with van der Waals surface area (Å²) in [6, 6.07) is 11.2. The van der Waals surface area contributed by atoms with Crippen molar-refractivity contribution in [3.05, 3.63) is 54.3 Å². The predicted molar refractivity (Wildman–Crippen MR) is 97.3 cm³/mol. The molecule has 0 aliphatic rings. The van der Waals surface area contributed by atoms with Gasteiger partial charge in [0, 0.05) is 18.7 Å². The fourth-order valence-electron chi connectivity index (χ4n) is 2.25. The lowest BCUT2D eigenvalue weighted by molar-refractivity contribution is -0.116. The molecule has 1 atom stereocenters. The van der Waals surface area contributed by atoms with Crippen LogP contribution < -0.4 is 15.8 Å². The molecule has 1 amide bonds. The summed E-state index contributed by atoms with van der Waals surface area (Å²) in [6.45, 7) is 2.24. The highest BCUT2D eigenvalue weighted by atomic mass is 32.2. The molecule has 0 saturated heterocycles. The van der Waals surface area contributed by atoms with Crippen molar-refractivity contribution >= 4 is 21.4 Å². The van der Waals surface area contributed by atoms with Crippen LogP contribution in [-0.4, -0.2) is 32.7 Å². The Morgan fingerprint density at radius 1 is 1.15 bits per heavy atom. The van der Waals surface area contributed by atoms with E-state index in [0.717, 1.165) is 12.1 Å². The van der Waals surface area contributed by atoms with E-state index in [0.29, 0.717) is 24.6 Å². The maximum Gasteiger partial charge on any atom is 0.225 e. The van der Waals surface area contributed by atoms with E-state index < -0.39 is 26.8 Å². The first-order valence-electron chi connectivity index (χ1n) is 8.05. The Labute approximate surface area is 152 Å². The van der Waals surface area contributed by atoms with Gasteiger partial charge in [0.05, 0.1) is 10.1 Å². The summed E-state index contributed by atoms with van der Waals surface area (Å²) < 4.78 is 43.2. The summed E-state index contributed by atoms with van der Waals surface area (Å²) in [5.41, 5.74) is 5.88. The Morgan fingerprint density at radius 2 is 1.77 bits per heavy atom. The first-order chi connectivity index (χ1) is 12.3. The quantitative estimate of drug-likeness (QED) is 0.685. The number of carbonyl (C=O) groups is 1. The Hall–Kier alpha value is -2.45. The molecule has 8 heteroatoms. The van der Waals surface area contributed by atoms with Crippen LogP contribution in [0.1, 0.15) is 13.3 Å². The van der Waals surface area contributed by atoms with E-state index in [-0.39, 0.29) is 11.3 Å². The van der Waals surface area contributed by atoms with E-state index in [1.54, 1.807) is 24.3 Å². The van der Waals surface area contributed by atoms with Gasteiger partial charge in [-0.1, -0.05) is 0 Å². The lowest BCUT2D eigenvalue weighted by Crippen LogP contribution is -2.25. The maximum atomic E-state index is 13.0. The van der Waals surface area contributed by atoms with Crippen molar-refractivity contribution in [3.8, 4) is 5.75 Å². The SMILES string of the molecule is CC(CC(=O)Nc1ccc(OCCN)cc1)S(=O)(=O)c1ccc(F)cc1. The van der Waals surface area contributed by atoms with Crippen molar-refractivity contribution < 1.29 is 22.3 Å². The summed E-state index contributed by atoms with van der Waals surface area (Å²) in [5, 5.41) is 1.70. The third-order valence-electron chi connectivity index (χ3n) is 3.67. The van der Waals surface area contributed by atoms with Crippen LogP contribution in [0.25, 0.3) is 0 Å². The molecule has 0 spiro atoms. The van der Waals surface area contributed by atoms with Crippen LogP contribution in [0.2, 0.25) is 0 Å². The van der Waals surface area contributed by atoms with Crippen LogP contribution in [0.15, 0.2) is 53.4 Å². The zero-order valence-corrected chi connectivity index (χ0v) is 15.1. The average Bonchev–Trinajstić information content (AvgIpc) is 2.61. The van der Waals surface area contributed by atoms with Gasteiger partial charge in [-0.05, 0) is 55.5 Å². The number of rotatable bonds is 8. The van der Waals surface area contributed by atoms with E-state index in [4.69, 9.17) is 10.5 Å². The molecule has 0 bridgehead atoms. The molecule has 3 N–H and O–H groups in total. The second-order valence-electron chi connectivity index (χ2n) is 5.72. The minimum absolute atomic E-state index is 0.0133. The minimum Gasteiger partial charge on any atom is -0.492 e. The molecule has 0 saturated carbocycles. The lowest BCUT2D eigenvalue weighted by Gasteiger charge is -2.13. The molecular weight excluding hydrogens is 359 g/mol. The minimum atomic E-state index is -3.72. The Bertz CT molecular complexity index is 836. The van der Waals surface area contributed by atoms with Crippen molar-refractivity contribution in [3.63, 3.8) is 0 Å². The maximum absolute atomic E-state index is 13.0. The number of nitrogens with two attached hydrogens (primary N) is 1. The summed E-state index contributed by atoms with van der Waals surface area (Å²) in [4.78, 5) is 12.1. The van der Waals surface area contributed by atoms with Gasteiger partial charge in [0.1, 0.15) is 18.2 Å². The first-order valence-corrected chi connectivity index (χ1v) is 9.60. The zero-order valence-electron chi connectivity index (χ0n) is 14.3. The number of hydrogen-bond donors (Lipinski definition) is 2. The number of ether oxygens (including phenoxy) is 1. The average molecular weight is 380 g/mol. The number of carbonyl (C=O) groups excluding carboxylic acids is 1. The van der Waals surface area contributed by atoms with Crippen molar-refractivity contribution in [1.29, 1.82) is 0 Å². The smallest absolute Gasteiger partial charge is 0.225 e. The summed E-state index contributed by atoms with van der Waals surface area (Å²) >= 11 is 0. The Balaban J connectivity index is 1.97. The third-order valence-corrected chi connectivity index (χ3v) is 5.82. The van der Waals surface area contributed by atoms with Crippen molar-refractivity contribution in [1.82, 2.24) is 0 Å². The van der Waals surface area contributed by atoms with Crippen LogP contribution in [0.4, 0.5) is 10.1 Å². The molecule has 0 aliphatic heterocycles. The van der Waals surface area contributed by atoms with Gasteiger partial charge in [-0.3, -0.25) is 4.79 Å². The topological polar surface area (TPSA) is 98.5 Å². The highest BCUT2D eigenvalue weighted by molar-refractivity contribution is 7.92. The summed E-state index contributed by atoms with van der Waals surface area (Å²) in [6.07, 6.45) is -0.217. The summed E-state index contributed by atoms with van der Waals surface area (Å²) in [5.74, 6) is -0.326. The van der Waals surface area contributed by atoms with Crippen LogP contribution in [-0.2, 0) is 14.6 Å². The Morgan fingerprint density at radius 3 is 2.35 bits per heavy atom. The van der Waals surface area contributed by atoms with E-state index in [1.165, 1.54) is 19.1 Å². The number of anilines is 1. The normalized spacial score (nSPS) is 12.4. The molecule has 0 aliphatic carbocycles. The second kappa shape index (κ2) is 8.77. The van der Waals surface area contributed by atoms with Gasteiger partial charge in [-0.2, -0.15) is 0 Å². The molecular formula is C18H21FN2O4S. The molecule has 0 fully saturated rings. The molecule has 26 heavy (non-hydrogen) atoms. The van der Waals surface area contributed by atoms with E-state index in [2.05, 4.69) is 5.32 Å². The molecule has 2 aromatic carbocycles. The molecule has 0 aromatic heterocycles. The molecule has 1 unspecified atom stereocenters.